The minimum absolute atomic E-state index is 0.191. The molecule has 6 heteroatoms. The number of imide groups is 1. The number of aromatic hydroxyl groups is 2. The monoisotopic (exact) mass is 335 g/mol. The Hall–Kier alpha value is -3.54. The van der Waals surface area contributed by atoms with Gasteiger partial charge in [0.1, 0.15) is 17.2 Å². The summed E-state index contributed by atoms with van der Waals surface area (Å²) in [6.45, 7) is 0. The van der Waals surface area contributed by atoms with E-state index in [1.165, 1.54) is 19.2 Å². The normalized spacial score (nSPS) is 13.4. The van der Waals surface area contributed by atoms with Crippen LogP contribution in [0.25, 0.3) is 10.8 Å². The van der Waals surface area contributed by atoms with E-state index in [-0.39, 0.29) is 33.4 Å². The molecule has 25 heavy (non-hydrogen) atoms. The van der Waals surface area contributed by atoms with E-state index in [9.17, 15) is 19.8 Å². The fourth-order valence-electron chi connectivity index (χ4n) is 3.10. The third kappa shape index (κ3) is 1.97. The fourth-order valence-corrected chi connectivity index (χ4v) is 3.10. The lowest BCUT2D eigenvalue weighted by Gasteiger charge is -2.13. The summed E-state index contributed by atoms with van der Waals surface area (Å²) in [5.74, 6) is -1.57. The zero-order valence-corrected chi connectivity index (χ0v) is 13.2. The Morgan fingerprint density at radius 3 is 2.04 bits per heavy atom. The third-order valence-electron chi connectivity index (χ3n) is 4.31. The molecule has 0 unspecified atom stereocenters. The van der Waals surface area contributed by atoms with Crippen LogP contribution in [-0.2, 0) is 0 Å². The molecule has 0 aliphatic carbocycles. The predicted molar refractivity (Wildman–Crippen MR) is 91.4 cm³/mol. The number of phenols is 2. The standard InChI is InChI=1S/C19H13NO5/c1-25-11-7-8-12-13(9-11)17(22)15-14(16(12)21)18(23)20(19(15)24)10-5-3-2-4-6-10/h2-9,21-22H,1H3. The van der Waals surface area contributed by atoms with Crippen LogP contribution in [0.3, 0.4) is 0 Å². The average molecular weight is 335 g/mol. The molecule has 3 aromatic carbocycles. The lowest BCUT2D eigenvalue weighted by molar-refractivity contribution is 0.0925. The summed E-state index contributed by atoms with van der Waals surface area (Å²) in [5.41, 5.74) is -0.0229. The second-order valence-electron chi connectivity index (χ2n) is 5.64. The van der Waals surface area contributed by atoms with E-state index in [0.29, 0.717) is 11.4 Å². The van der Waals surface area contributed by atoms with E-state index < -0.39 is 11.8 Å². The van der Waals surface area contributed by atoms with Crippen LogP contribution in [-0.4, -0.2) is 29.1 Å². The highest BCUT2D eigenvalue weighted by atomic mass is 16.5. The van der Waals surface area contributed by atoms with E-state index in [0.717, 1.165) is 4.90 Å². The SMILES string of the molecule is COc1ccc2c(O)c3c(c(O)c2c1)C(=O)N(c1ccccc1)C3=O. The van der Waals surface area contributed by atoms with Crippen molar-refractivity contribution < 1.29 is 24.5 Å². The summed E-state index contributed by atoms with van der Waals surface area (Å²) in [4.78, 5) is 26.5. The number of hydrogen-bond donors (Lipinski definition) is 2. The van der Waals surface area contributed by atoms with Gasteiger partial charge in [-0.1, -0.05) is 18.2 Å². The van der Waals surface area contributed by atoms with Gasteiger partial charge >= 0.3 is 0 Å². The number of hydrogen-bond acceptors (Lipinski definition) is 5. The average Bonchev–Trinajstić information content (AvgIpc) is 2.91. The molecule has 1 aliphatic rings. The van der Waals surface area contributed by atoms with E-state index in [1.807, 2.05) is 0 Å². The molecule has 1 aliphatic heterocycles. The number of fused-ring (bicyclic) bond motifs is 2. The molecule has 0 saturated carbocycles. The second kappa shape index (κ2) is 5.24. The van der Waals surface area contributed by atoms with E-state index >= 15 is 0 Å². The van der Waals surface area contributed by atoms with Gasteiger partial charge in [-0.2, -0.15) is 0 Å². The van der Waals surface area contributed by atoms with Crippen molar-refractivity contribution in [3.63, 3.8) is 0 Å². The summed E-state index contributed by atoms with van der Waals surface area (Å²) < 4.78 is 5.12. The first-order chi connectivity index (χ1) is 12.0. The Balaban J connectivity index is 2.01. The number of amides is 2. The van der Waals surface area contributed by atoms with Gasteiger partial charge in [0.05, 0.1) is 23.9 Å². The van der Waals surface area contributed by atoms with Crippen molar-refractivity contribution in [2.24, 2.45) is 0 Å². The Bertz CT molecular complexity index is 1040. The quantitative estimate of drug-likeness (QED) is 0.555. The molecule has 4 rings (SSSR count). The fraction of sp³-hybridized carbons (Fsp3) is 0.0526. The minimum atomic E-state index is -0.677. The van der Waals surface area contributed by atoms with Crippen LogP contribution in [0.4, 0.5) is 5.69 Å². The first kappa shape index (κ1) is 15.0. The van der Waals surface area contributed by atoms with Gasteiger partial charge in [0, 0.05) is 10.8 Å². The maximum atomic E-state index is 12.8. The topological polar surface area (TPSA) is 87.1 Å². The van der Waals surface area contributed by atoms with Crippen LogP contribution in [0.1, 0.15) is 20.7 Å². The highest BCUT2D eigenvalue weighted by Crippen LogP contribution is 2.45. The number of anilines is 1. The van der Waals surface area contributed by atoms with Crippen molar-refractivity contribution in [1.82, 2.24) is 0 Å². The Labute approximate surface area is 142 Å². The van der Waals surface area contributed by atoms with Gasteiger partial charge in [-0.25, -0.2) is 4.90 Å². The molecule has 124 valence electrons. The summed E-state index contributed by atoms with van der Waals surface area (Å²) in [6, 6.07) is 13.0. The highest BCUT2D eigenvalue weighted by Gasteiger charge is 2.42. The highest BCUT2D eigenvalue weighted by molar-refractivity contribution is 6.37. The van der Waals surface area contributed by atoms with Crippen LogP contribution in [0.15, 0.2) is 48.5 Å². The summed E-state index contributed by atoms with van der Waals surface area (Å²) in [7, 11) is 1.47. The molecule has 0 radical (unpaired) electrons. The van der Waals surface area contributed by atoms with Crippen LogP contribution < -0.4 is 9.64 Å². The van der Waals surface area contributed by atoms with E-state index in [1.54, 1.807) is 36.4 Å². The number of phenolic OH excluding ortho intramolecular Hbond substituents is 2. The van der Waals surface area contributed by atoms with Gasteiger partial charge in [0.15, 0.2) is 0 Å². The Morgan fingerprint density at radius 2 is 1.44 bits per heavy atom. The number of benzene rings is 3. The van der Waals surface area contributed by atoms with Crippen molar-refractivity contribution in [2.75, 3.05) is 12.0 Å². The number of ether oxygens (including phenoxy) is 1. The van der Waals surface area contributed by atoms with Crippen LogP contribution in [0.2, 0.25) is 0 Å². The predicted octanol–water partition coefficient (Wildman–Crippen LogP) is 3.06. The molecule has 0 spiro atoms. The number of rotatable bonds is 2. The molecule has 2 amide bonds. The number of para-hydroxylation sites is 1. The summed E-state index contributed by atoms with van der Waals surface area (Å²) >= 11 is 0. The Kier molecular flexibility index (Phi) is 3.15. The number of nitrogens with zero attached hydrogens (tertiary/aromatic N) is 1. The van der Waals surface area contributed by atoms with Crippen LogP contribution in [0, 0.1) is 0 Å². The lowest BCUT2D eigenvalue weighted by atomic mass is 9.99. The lowest BCUT2D eigenvalue weighted by Crippen LogP contribution is -2.29. The molecule has 0 fully saturated rings. The van der Waals surface area contributed by atoms with Crippen LogP contribution in [0.5, 0.6) is 17.2 Å². The first-order valence-electron chi connectivity index (χ1n) is 7.54. The van der Waals surface area contributed by atoms with Gasteiger partial charge in [-0.3, -0.25) is 9.59 Å². The van der Waals surface area contributed by atoms with E-state index in [4.69, 9.17) is 4.74 Å². The molecule has 0 aromatic heterocycles. The number of methoxy groups -OCH3 is 1. The van der Waals surface area contributed by atoms with Gasteiger partial charge in [0.2, 0.25) is 0 Å². The molecular formula is C19H13NO5. The van der Waals surface area contributed by atoms with Crippen molar-refractivity contribution in [3.05, 3.63) is 59.7 Å². The van der Waals surface area contributed by atoms with Crippen LogP contribution >= 0.6 is 0 Å². The van der Waals surface area contributed by atoms with Crippen molar-refractivity contribution >= 4 is 28.3 Å². The summed E-state index contributed by atoms with van der Waals surface area (Å²) in [5, 5.41) is 21.7. The smallest absolute Gasteiger partial charge is 0.270 e. The van der Waals surface area contributed by atoms with Gasteiger partial charge in [-0.05, 0) is 30.3 Å². The second-order valence-corrected chi connectivity index (χ2v) is 5.64. The van der Waals surface area contributed by atoms with Gasteiger partial charge in [0.25, 0.3) is 11.8 Å². The third-order valence-corrected chi connectivity index (χ3v) is 4.31. The first-order valence-corrected chi connectivity index (χ1v) is 7.54. The molecule has 0 atom stereocenters. The molecule has 2 N–H and O–H groups in total. The molecule has 3 aromatic rings. The number of carbonyl (C=O) groups is 2. The number of carbonyl (C=O) groups excluding carboxylic acids is 2. The largest absolute Gasteiger partial charge is 0.506 e. The zero-order valence-electron chi connectivity index (χ0n) is 13.2. The molecule has 0 bridgehead atoms. The Morgan fingerprint density at radius 1 is 0.840 bits per heavy atom. The minimum Gasteiger partial charge on any atom is -0.506 e. The molecule has 0 saturated heterocycles. The van der Waals surface area contributed by atoms with Gasteiger partial charge < -0.3 is 14.9 Å². The molecule has 6 nitrogen and oxygen atoms in total. The molecule has 1 heterocycles. The van der Waals surface area contributed by atoms with Crippen molar-refractivity contribution in [1.29, 1.82) is 0 Å². The van der Waals surface area contributed by atoms with Crippen molar-refractivity contribution in [3.8, 4) is 17.2 Å². The molecular weight excluding hydrogens is 322 g/mol. The maximum absolute atomic E-state index is 12.8. The summed E-state index contributed by atoms with van der Waals surface area (Å²) in [6.07, 6.45) is 0. The van der Waals surface area contributed by atoms with Gasteiger partial charge in [-0.15, -0.1) is 0 Å². The van der Waals surface area contributed by atoms with E-state index in [2.05, 4.69) is 0 Å². The zero-order chi connectivity index (χ0) is 17.7. The maximum Gasteiger partial charge on any atom is 0.270 e. The van der Waals surface area contributed by atoms with Crippen molar-refractivity contribution in [2.45, 2.75) is 0 Å².